The number of nitrogens with one attached hydrogen (secondary N) is 1. The molecule has 0 aliphatic carbocycles. The van der Waals surface area contributed by atoms with Crippen LogP contribution < -0.4 is 15.2 Å². The third kappa shape index (κ3) is 1.54. The van der Waals surface area contributed by atoms with E-state index in [1.807, 2.05) is 18.2 Å². The first-order valence-electron chi connectivity index (χ1n) is 6.50. The number of nitrogen functional groups attached to an aromatic ring is 1. The summed E-state index contributed by atoms with van der Waals surface area (Å²) in [4.78, 5) is 3.40. The van der Waals surface area contributed by atoms with Crippen molar-refractivity contribution in [2.24, 2.45) is 0 Å². The highest BCUT2D eigenvalue weighted by Gasteiger charge is 2.17. The second kappa shape index (κ2) is 4.34. The maximum Gasteiger partial charge on any atom is 0.165 e. The van der Waals surface area contributed by atoms with Gasteiger partial charge in [-0.05, 0) is 43.2 Å². The minimum absolute atomic E-state index is 0.625. The van der Waals surface area contributed by atoms with Gasteiger partial charge in [-0.25, -0.2) is 0 Å². The fourth-order valence-corrected chi connectivity index (χ4v) is 2.78. The van der Waals surface area contributed by atoms with E-state index in [1.165, 1.54) is 11.1 Å². The number of hydrogen-bond donors (Lipinski definition) is 2. The lowest BCUT2D eigenvalue weighted by Crippen LogP contribution is -1.92. The average molecular weight is 270 g/mol. The van der Waals surface area contributed by atoms with Crippen molar-refractivity contribution in [1.29, 1.82) is 0 Å². The highest BCUT2D eigenvalue weighted by Crippen LogP contribution is 2.40. The van der Waals surface area contributed by atoms with Crippen LogP contribution in [-0.4, -0.2) is 19.2 Å². The number of ether oxygens (including phenoxy) is 2. The molecule has 3 aromatic rings. The van der Waals surface area contributed by atoms with Crippen LogP contribution in [0.25, 0.3) is 21.8 Å². The van der Waals surface area contributed by atoms with Gasteiger partial charge in [0.15, 0.2) is 5.75 Å². The lowest BCUT2D eigenvalue weighted by atomic mass is 10.0. The minimum atomic E-state index is 0.625. The second-order valence-corrected chi connectivity index (χ2v) is 5.01. The van der Waals surface area contributed by atoms with Crippen LogP contribution in [0.3, 0.4) is 0 Å². The molecular weight excluding hydrogens is 252 g/mol. The quantitative estimate of drug-likeness (QED) is 0.700. The Kier molecular flexibility index (Phi) is 2.74. The van der Waals surface area contributed by atoms with Gasteiger partial charge in [0.1, 0.15) is 5.75 Å². The topological polar surface area (TPSA) is 60.3 Å². The van der Waals surface area contributed by atoms with Crippen LogP contribution in [0, 0.1) is 13.8 Å². The summed E-state index contributed by atoms with van der Waals surface area (Å²) in [5, 5.41) is 2.26. The average Bonchev–Trinajstić information content (AvgIpc) is 2.82. The van der Waals surface area contributed by atoms with Crippen LogP contribution in [-0.2, 0) is 0 Å². The van der Waals surface area contributed by atoms with Crippen molar-refractivity contribution in [3.8, 4) is 11.5 Å². The number of aromatic nitrogens is 1. The van der Waals surface area contributed by atoms with E-state index in [2.05, 4.69) is 18.8 Å². The minimum Gasteiger partial charge on any atom is -0.495 e. The predicted octanol–water partition coefficient (Wildman–Crippen LogP) is 3.54. The summed E-state index contributed by atoms with van der Waals surface area (Å²) >= 11 is 0. The van der Waals surface area contributed by atoms with Gasteiger partial charge in [-0.2, -0.15) is 0 Å². The number of anilines is 1. The van der Waals surface area contributed by atoms with Crippen molar-refractivity contribution in [1.82, 2.24) is 4.98 Å². The number of methoxy groups -OCH3 is 2. The molecule has 0 unspecified atom stereocenters. The molecule has 0 aliphatic heterocycles. The maximum atomic E-state index is 5.98. The van der Waals surface area contributed by atoms with E-state index < -0.39 is 0 Å². The molecule has 1 aromatic heterocycles. The molecule has 0 fully saturated rings. The fourth-order valence-electron chi connectivity index (χ4n) is 2.78. The Labute approximate surface area is 117 Å². The number of aromatic amines is 1. The first kappa shape index (κ1) is 12.7. The molecule has 0 radical (unpaired) electrons. The fraction of sp³-hybridized carbons (Fsp3) is 0.250. The number of aryl methyl sites for hydroxylation is 2. The molecule has 104 valence electrons. The number of rotatable bonds is 2. The van der Waals surface area contributed by atoms with E-state index in [1.54, 1.807) is 14.2 Å². The van der Waals surface area contributed by atoms with Gasteiger partial charge in [0.25, 0.3) is 0 Å². The van der Waals surface area contributed by atoms with Crippen LogP contribution in [0.5, 0.6) is 11.5 Å². The van der Waals surface area contributed by atoms with Gasteiger partial charge in [0.2, 0.25) is 0 Å². The molecule has 20 heavy (non-hydrogen) atoms. The summed E-state index contributed by atoms with van der Waals surface area (Å²) < 4.78 is 10.9. The van der Waals surface area contributed by atoms with Gasteiger partial charge in [0, 0.05) is 10.8 Å². The Balaban J connectivity index is 2.57. The summed E-state index contributed by atoms with van der Waals surface area (Å²) in [7, 11) is 3.31. The molecular formula is C16H18N2O2. The number of fused-ring (bicyclic) bond motifs is 3. The van der Waals surface area contributed by atoms with Crippen molar-refractivity contribution in [2.75, 3.05) is 20.0 Å². The summed E-state index contributed by atoms with van der Waals surface area (Å²) in [6.45, 7) is 4.21. The zero-order valence-electron chi connectivity index (χ0n) is 12.1. The van der Waals surface area contributed by atoms with E-state index in [-0.39, 0.29) is 0 Å². The maximum absolute atomic E-state index is 5.98. The zero-order chi connectivity index (χ0) is 14.4. The molecule has 3 N–H and O–H groups in total. The van der Waals surface area contributed by atoms with Crippen molar-refractivity contribution >= 4 is 27.5 Å². The van der Waals surface area contributed by atoms with Crippen LogP contribution in [0.1, 0.15) is 11.1 Å². The van der Waals surface area contributed by atoms with E-state index in [0.29, 0.717) is 11.4 Å². The zero-order valence-corrected chi connectivity index (χ0v) is 12.1. The summed E-state index contributed by atoms with van der Waals surface area (Å²) in [6, 6.07) is 5.95. The number of benzene rings is 2. The molecule has 0 saturated heterocycles. The molecule has 3 rings (SSSR count). The van der Waals surface area contributed by atoms with Crippen LogP contribution >= 0.6 is 0 Å². The Morgan fingerprint density at radius 3 is 2.45 bits per heavy atom. The van der Waals surface area contributed by atoms with E-state index >= 15 is 0 Å². The summed E-state index contributed by atoms with van der Waals surface area (Å²) in [5.74, 6) is 1.51. The first-order chi connectivity index (χ1) is 9.58. The highest BCUT2D eigenvalue weighted by atomic mass is 16.5. The van der Waals surface area contributed by atoms with Gasteiger partial charge in [-0.3, -0.25) is 0 Å². The standard InChI is InChI=1S/C16H18N2O2/c1-8-7-12(19-3)15-13(9(8)2)10-5-6-11(17)16(20-4)14(10)18-15/h5-7,18H,17H2,1-4H3. The molecule has 2 aromatic carbocycles. The highest BCUT2D eigenvalue weighted by molar-refractivity contribution is 6.14. The van der Waals surface area contributed by atoms with Gasteiger partial charge < -0.3 is 20.2 Å². The number of hydrogen-bond acceptors (Lipinski definition) is 3. The molecule has 0 aliphatic rings. The van der Waals surface area contributed by atoms with Crippen LogP contribution in [0.15, 0.2) is 18.2 Å². The molecule has 0 amide bonds. The van der Waals surface area contributed by atoms with E-state index in [4.69, 9.17) is 15.2 Å². The third-order valence-corrected chi connectivity index (χ3v) is 3.94. The van der Waals surface area contributed by atoms with Gasteiger partial charge in [0.05, 0.1) is 30.9 Å². The molecule has 1 heterocycles. The molecule has 0 bridgehead atoms. The smallest absolute Gasteiger partial charge is 0.165 e. The van der Waals surface area contributed by atoms with E-state index in [0.717, 1.165) is 27.6 Å². The van der Waals surface area contributed by atoms with Gasteiger partial charge in [-0.15, -0.1) is 0 Å². The SMILES string of the molecule is COc1c(N)ccc2c1[nH]c1c(OC)cc(C)c(C)c12. The second-order valence-electron chi connectivity index (χ2n) is 5.01. The molecule has 4 heteroatoms. The van der Waals surface area contributed by atoms with Crippen molar-refractivity contribution < 1.29 is 9.47 Å². The van der Waals surface area contributed by atoms with Crippen molar-refractivity contribution in [3.05, 3.63) is 29.3 Å². The molecule has 4 nitrogen and oxygen atoms in total. The molecule has 0 spiro atoms. The Hall–Kier alpha value is -2.36. The lowest BCUT2D eigenvalue weighted by molar-refractivity contribution is 0.418. The van der Waals surface area contributed by atoms with E-state index in [9.17, 15) is 0 Å². The molecule has 0 saturated carbocycles. The van der Waals surface area contributed by atoms with Crippen molar-refractivity contribution in [3.63, 3.8) is 0 Å². The van der Waals surface area contributed by atoms with Gasteiger partial charge in [-0.1, -0.05) is 0 Å². The van der Waals surface area contributed by atoms with Crippen LogP contribution in [0.2, 0.25) is 0 Å². The van der Waals surface area contributed by atoms with Crippen LogP contribution in [0.4, 0.5) is 5.69 Å². The first-order valence-corrected chi connectivity index (χ1v) is 6.50. The third-order valence-electron chi connectivity index (χ3n) is 3.94. The Bertz CT molecular complexity index is 818. The Morgan fingerprint density at radius 1 is 1.05 bits per heavy atom. The normalized spacial score (nSPS) is 11.2. The Morgan fingerprint density at radius 2 is 1.80 bits per heavy atom. The predicted molar refractivity (Wildman–Crippen MR) is 82.8 cm³/mol. The number of H-pyrrole nitrogens is 1. The largest absolute Gasteiger partial charge is 0.495 e. The summed E-state index contributed by atoms with van der Waals surface area (Å²) in [5.41, 5.74) is 10.9. The van der Waals surface area contributed by atoms with Crippen molar-refractivity contribution in [2.45, 2.75) is 13.8 Å². The number of nitrogens with two attached hydrogens (primary N) is 1. The monoisotopic (exact) mass is 270 g/mol. The summed E-state index contributed by atoms with van der Waals surface area (Å²) in [6.07, 6.45) is 0. The van der Waals surface area contributed by atoms with Gasteiger partial charge >= 0.3 is 0 Å². The lowest BCUT2D eigenvalue weighted by Gasteiger charge is -2.07. The molecule has 0 atom stereocenters.